The van der Waals surface area contributed by atoms with E-state index in [2.05, 4.69) is 11.3 Å². The Balaban J connectivity index is 2.89. The molecule has 90 valence electrons. The molecule has 0 saturated heterocycles. The van der Waals surface area contributed by atoms with E-state index in [0.29, 0.717) is 0 Å². The summed E-state index contributed by atoms with van der Waals surface area (Å²) in [5, 5.41) is 0.0716. The molecule has 0 bridgehead atoms. The Labute approximate surface area is 102 Å². The van der Waals surface area contributed by atoms with E-state index in [1.54, 1.807) is 0 Å². The lowest BCUT2D eigenvalue weighted by Gasteiger charge is -2.11. The van der Waals surface area contributed by atoms with Gasteiger partial charge in [-0.25, -0.2) is 9.18 Å². The molecule has 2 amide bonds. The van der Waals surface area contributed by atoms with Crippen LogP contribution in [0, 0.1) is 18.2 Å². The molecule has 0 aliphatic heterocycles. The average Bonchev–Trinajstić information content (AvgIpc) is 2.26. The van der Waals surface area contributed by atoms with Crippen LogP contribution < -0.4 is 21.3 Å². The third-order valence-electron chi connectivity index (χ3n) is 1.65. The van der Waals surface area contributed by atoms with Crippen LogP contribution in [-0.2, 0) is 0 Å². The molecule has 1 aromatic rings. The van der Waals surface area contributed by atoms with E-state index < -0.39 is 11.8 Å². The first-order valence-corrected chi connectivity index (χ1v) is 4.79. The molecule has 0 radical (unpaired) electrons. The van der Waals surface area contributed by atoms with Crippen LogP contribution in [0.3, 0.4) is 0 Å². The average molecular weight is 258 g/mol. The van der Waals surface area contributed by atoms with Crippen molar-refractivity contribution in [2.75, 3.05) is 12.0 Å². The quantitative estimate of drug-likeness (QED) is 0.565. The zero-order chi connectivity index (χ0) is 12.8. The highest BCUT2D eigenvalue weighted by Crippen LogP contribution is 2.30. The molecule has 7 heteroatoms. The molecule has 0 aromatic heterocycles. The molecule has 0 atom stereocenters. The summed E-state index contributed by atoms with van der Waals surface area (Å²) in [6.45, 7) is -0.00591. The Hall–Kier alpha value is -2.13. The zero-order valence-electron chi connectivity index (χ0n) is 8.59. The van der Waals surface area contributed by atoms with Gasteiger partial charge in [0.2, 0.25) is 0 Å². The first kappa shape index (κ1) is 12.9. The number of ether oxygens (including phenoxy) is 1. The Morgan fingerprint density at radius 1 is 1.65 bits per heavy atom. The number of anilines is 1. The van der Waals surface area contributed by atoms with Crippen molar-refractivity contribution < 1.29 is 13.9 Å². The molecule has 0 aliphatic carbocycles. The number of hydrazine groups is 1. The maximum Gasteiger partial charge on any atom is 0.330 e. The van der Waals surface area contributed by atoms with Crippen LogP contribution in [-0.4, -0.2) is 12.6 Å². The number of nitrogens with one attached hydrogen (secondary N) is 2. The Morgan fingerprint density at radius 3 is 2.94 bits per heavy atom. The number of nitrogens with two attached hydrogens (primary N) is 1. The van der Waals surface area contributed by atoms with E-state index in [0.717, 1.165) is 6.07 Å². The van der Waals surface area contributed by atoms with Crippen molar-refractivity contribution >= 4 is 23.3 Å². The minimum atomic E-state index is -0.856. The van der Waals surface area contributed by atoms with Gasteiger partial charge in [-0.2, -0.15) is 0 Å². The number of terminal acetylenes is 1. The van der Waals surface area contributed by atoms with E-state index in [-0.39, 0.29) is 23.1 Å². The van der Waals surface area contributed by atoms with Crippen LogP contribution in [0.4, 0.5) is 14.9 Å². The Kier molecular flexibility index (Phi) is 4.43. The van der Waals surface area contributed by atoms with Gasteiger partial charge in [0.15, 0.2) is 0 Å². The topological polar surface area (TPSA) is 76.4 Å². The second-order valence-corrected chi connectivity index (χ2v) is 3.28. The molecule has 0 heterocycles. The van der Waals surface area contributed by atoms with E-state index in [9.17, 15) is 9.18 Å². The largest absolute Gasteiger partial charge is 0.479 e. The maximum atomic E-state index is 13.4. The SMILES string of the molecule is C#CCOc1cc(NNC(N)=O)c(F)cc1Cl. The molecular weight excluding hydrogens is 249 g/mol. The molecular formula is C10H9ClFN3O2. The summed E-state index contributed by atoms with van der Waals surface area (Å²) in [4.78, 5) is 10.5. The highest BCUT2D eigenvalue weighted by atomic mass is 35.5. The summed E-state index contributed by atoms with van der Waals surface area (Å²) in [5.74, 6) is 1.77. The normalized spacial score (nSPS) is 9.24. The van der Waals surface area contributed by atoms with Gasteiger partial charge in [0, 0.05) is 6.07 Å². The lowest BCUT2D eigenvalue weighted by molar-refractivity contribution is 0.250. The molecule has 0 spiro atoms. The predicted molar refractivity (Wildman–Crippen MR) is 62.1 cm³/mol. The van der Waals surface area contributed by atoms with Crippen molar-refractivity contribution in [3.8, 4) is 18.1 Å². The van der Waals surface area contributed by atoms with Crippen molar-refractivity contribution in [3.05, 3.63) is 23.0 Å². The standard InChI is InChI=1S/C10H9ClFN3O2/c1-2-3-17-9-5-8(14-15-10(13)16)7(12)4-6(9)11/h1,4-5,14H,3H2,(H3,13,15,16). The number of benzene rings is 1. The number of hydrogen-bond acceptors (Lipinski definition) is 3. The lowest BCUT2D eigenvalue weighted by atomic mass is 10.3. The van der Waals surface area contributed by atoms with E-state index in [1.165, 1.54) is 6.07 Å². The summed E-state index contributed by atoms with van der Waals surface area (Å²) >= 11 is 5.73. The van der Waals surface area contributed by atoms with Crippen LogP contribution in [0.15, 0.2) is 12.1 Å². The Morgan fingerprint density at radius 2 is 2.35 bits per heavy atom. The second-order valence-electron chi connectivity index (χ2n) is 2.87. The monoisotopic (exact) mass is 257 g/mol. The van der Waals surface area contributed by atoms with Gasteiger partial charge in [0.1, 0.15) is 18.2 Å². The summed E-state index contributed by atoms with van der Waals surface area (Å²) in [6, 6.07) is 1.43. The molecule has 4 N–H and O–H groups in total. The fourth-order valence-corrected chi connectivity index (χ4v) is 1.19. The number of rotatable bonds is 4. The number of hydrogen-bond donors (Lipinski definition) is 3. The number of primary amides is 1. The summed E-state index contributed by atoms with van der Waals surface area (Å²) in [6.07, 6.45) is 5.01. The number of amides is 2. The molecule has 1 aromatic carbocycles. The summed E-state index contributed by atoms with van der Waals surface area (Å²) < 4.78 is 18.4. The highest BCUT2D eigenvalue weighted by molar-refractivity contribution is 6.32. The van der Waals surface area contributed by atoms with E-state index >= 15 is 0 Å². The van der Waals surface area contributed by atoms with Gasteiger partial charge in [0.25, 0.3) is 0 Å². The van der Waals surface area contributed by atoms with Crippen molar-refractivity contribution in [2.45, 2.75) is 0 Å². The second kappa shape index (κ2) is 5.82. The van der Waals surface area contributed by atoms with Crippen molar-refractivity contribution in [2.24, 2.45) is 5.73 Å². The van der Waals surface area contributed by atoms with Gasteiger partial charge in [0.05, 0.1) is 10.7 Å². The van der Waals surface area contributed by atoms with E-state index in [4.69, 9.17) is 28.5 Å². The van der Waals surface area contributed by atoms with Crippen LogP contribution in [0.1, 0.15) is 0 Å². The smallest absolute Gasteiger partial charge is 0.330 e. The van der Waals surface area contributed by atoms with Crippen molar-refractivity contribution in [3.63, 3.8) is 0 Å². The van der Waals surface area contributed by atoms with Crippen LogP contribution in [0.2, 0.25) is 5.02 Å². The Bertz CT molecular complexity index is 473. The third-order valence-corrected chi connectivity index (χ3v) is 1.95. The van der Waals surface area contributed by atoms with Crippen molar-refractivity contribution in [1.29, 1.82) is 0 Å². The van der Waals surface area contributed by atoms with E-state index in [1.807, 2.05) is 5.43 Å². The zero-order valence-corrected chi connectivity index (χ0v) is 9.34. The molecule has 17 heavy (non-hydrogen) atoms. The minimum absolute atomic E-state index is 0.00591. The molecule has 0 saturated carbocycles. The third kappa shape index (κ3) is 3.74. The molecule has 0 unspecified atom stereocenters. The molecule has 0 fully saturated rings. The van der Waals surface area contributed by atoms with Crippen molar-refractivity contribution in [1.82, 2.24) is 5.43 Å². The van der Waals surface area contributed by atoms with Gasteiger partial charge in [-0.05, 0) is 6.07 Å². The number of halogens is 2. The fourth-order valence-electron chi connectivity index (χ4n) is 0.984. The van der Waals surface area contributed by atoms with Crippen LogP contribution in [0.25, 0.3) is 0 Å². The van der Waals surface area contributed by atoms with Crippen LogP contribution in [0.5, 0.6) is 5.75 Å². The minimum Gasteiger partial charge on any atom is -0.479 e. The lowest BCUT2D eigenvalue weighted by Crippen LogP contribution is -2.34. The maximum absolute atomic E-state index is 13.4. The number of urea groups is 1. The first-order valence-electron chi connectivity index (χ1n) is 4.41. The van der Waals surface area contributed by atoms with Gasteiger partial charge in [-0.3, -0.25) is 10.9 Å². The molecule has 1 rings (SSSR count). The summed E-state index contributed by atoms with van der Waals surface area (Å²) in [5.41, 5.74) is 9.06. The van der Waals surface area contributed by atoms with Gasteiger partial charge < -0.3 is 10.5 Å². The number of carbonyl (C=O) groups is 1. The number of carbonyl (C=O) groups excluding carboxylic acids is 1. The first-order chi connectivity index (χ1) is 8.04. The van der Waals surface area contributed by atoms with Gasteiger partial charge >= 0.3 is 6.03 Å². The predicted octanol–water partition coefficient (Wildman–Crippen LogP) is 1.49. The molecule has 0 aliphatic rings. The molecule has 5 nitrogen and oxygen atoms in total. The fraction of sp³-hybridized carbons (Fsp3) is 0.100. The van der Waals surface area contributed by atoms with Gasteiger partial charge in [-0.1, -0.05) is 17.5 Å². The van der Waals surface area contributed by atoms with Gasteiger partial charge in [-0.15, -0.1) is 6.42 Å². The summed E-state index contributed by atoms with van der Waals surface area (Å²) in [7, 11) is 0. The van der Waals surface area contributed by atoms with Crippen LogP contribution >= 0.6 is 11.6 Å². The highest BCUT2D eigenvalue weighted by Gasteiger charge is 2.09.